The number of benzene rings is 5. The summed E-state index contributed by atoms with van der Waals surface area (Å²) in [6, 6.07) is 52.4. The summed E-state index contributed by atoms with van der Waals surface area (Å²) in [5.41, 5.74) is 7.83. The number of ether oxygens (including phenoxy) is 1. The van der Waals surface area contributed by atoms with Crippen LogP contribution in [0.5, 0.6) is 0 Å². The highest BCUT2D eigenvalue weighted by atomic mass is 16.5. The fourth-order valence-electron chi connectivity index (χ4n) is 5.28. The zero-order chi connectivity index (χ0) is 27.2. The van der Waals surface area contributed by atoms with Crippen LogP contribution in [0.2, 0.25) is 0 Å². The number of rotatable bonds is 14. The normalized spacial score (nSPS) is 11.9. The Labute approximate surface area is 239 Å². The molecule has 2 nitrogen and oxygen atoms in total. The molecular weight excluding hydrogens is 486 g/mol. The number of hydrogen-bond donors (Lipinski definition) is 0. The van der Waals surface area contributed by atoms with Crippen LogP contribution in [-0.4, -0.2) is 17.5 Å². The van der Waals surface area contributed by atoms with Crippen molar-refractivity contribution in [3.8, 4) is 11.1 Å². The maximum atomic E-state index is 6.08. The summed E-state index contributed by atoms with van der Waals surface area (Å²) in [7, 11) is 0. The van der Waals surface area contributed by atoms with Crippen LogP contribution in [0.25, 0.3) is 11.1 Å². The highest BCUT2D eigenvalue weighted by Crippen LogP contribution is 2.23. The Kier molecular flexibility index (Phi) is 10.3. The van der Waals surface area contributed by atoms with Crippen molar-refractivity contribution in [2.45, 2.75) is 45.0 Å². The van der Waals surface area contributed by atoms with Crippen LogP contribution in [0.4, 0.5) is 0 Å². The lowest BCUT2D eigenvalue weighted by Gasteiger charge is -2.32. The zero-order valence-electron chi connectivity index (χ0n) is 23.2. The minimum absolute atomic E-state index is 0.392. The minimum Gasteiger partial charge on any atom is -0.377 e. The molecule has 0 aliphatic carbocycles. The van der Waals surface area contributed by atoms with Crippen molar-refractivity contribution in [3.05, 3.63) is 168 Å². The average molecular weight is 526 g/mol. The zero-order valence-corrected chi connectivity index (χ0v) is 23.2. The van der Waals surface area contributed by atoms with Crippen molar-refractivity contribution in [2.75, 3.05) is 6.61 Å². The van der Waals surface area contributed by atoms with Crippen LogP contribution in [0.3, 0.4) is 0 Å². The van der Waals surface area contributed by atoms with Gasteiger partial charge in [0.25, 0.3) is 0 Å². The van der Waals surface area contributed by atoms with Gasteiger partial charge in [-0.15, -0.1) is 0 Å². The van der Waals surface area contributed by atoms with Gasteiger partial charge < -0.3 is 4.74 Å². The van der Waals surface area contributed by atoms with E-state index in [2.05, 4.69) is 150 Å². The van der Waals surface area contributed by atoms with Crippen molar-refractivity contribution in [2.24, 2.45) is 0 Å². The SMILES string of the molecule is c1ccc(COCCCC(Cc2ccc(-c3ccccc3)cc2)N(Cc2ccccc2)Cc2ccccc2)cc1. The summed E-state index contributed by atoms with van der Waals surface area (Å²) in [5, 5.41) is 0. The maximum Gasteiger partial charge on any atom is 0.0716 e. The van der Waals surface area contributed by atoms with Gasteiger partial charge in [0.15, 0.2) is 0 Å². The van der Waals surface area contributed by atoms with E-state index in [1.165, 1.54) is 33.4 Å². The van der Waals surface area contributed by atoms with Gasteiger partial charge in [0.2, 0.25) is 0 Å². The Hall–Kier alpha value is -3.98. The quantitative estimate of drug-likeness (QED) is 0.134. The first kappa shape index (κ1) is 27.6. The van der Waals surface area contributed by atoms with Gasteiger partial charge in [0.1, 0.15) is 0 Å². The van der Waals surface area contributed by atoms with E-state index >= 15 is 0 Å². The average Bonchev–Trinajstić information content (AvgIpc) is 3.02. The van der Waals surface area contributed by atoms with Gasteiger partial charge in [-0.1, -0.05) is 146 Å². The van der Waals surface area contributed by atoms with Crippen molar-refractivity contribution < 1.29 is 4.74 Å². The highest BCUT2D eigenvalue weighted by Gasteiger charge is 2.20. The molecule has 1 unspecified atom stereocenters. The lowest BCUT2D eigenvalue weighted by molar-refractivity contribution is 0.102. The second-order valence-corrected chi connectivity index (χ2v) is 10.5. The summed E-state index contributed by atoms with van der Waals surface area (Å²) in [4.78, 5) is 2.66. The third-order valence-electron chi connectivity index (χ3n) is 7.44. The topological polar surface area (TPSA) is 12.5 Å². The van der Waals surface area contributed by atoms with Gasteiger partial charge >= 0.3 is 0 Å². The summed E-state index contributed by atoms with van der Waals surface area (Å²) in [6.07, 6.45) is 3.11. The molecule has 0 aliphatic rings. The van der Waals surface area contributed by atoms with Gasteiger partial charge in [-0.25, -0.2) is 0 Å². The van der Waals surface area contributed by atoms with Gasteiger partial charge in [-0.05, 0) is 52.6 Å². The van der Waals surface area contributed by atoms with Crippen molar-refractivity contribution in [1.29, 1.82) is 0 Å². The monoisotopic (exact) mass is 525 g/mol. The van der Waals surface area contributed by atoms with Crippen LogP contribution in [0, 0.1) is 0 Å². The second-order valence-electron chi connectivity index (χ2n) is 10.5. The molecule has 0 saturated heterocycles. The molecule has 5 aromatic rings. The second kappa shape index (κ2) is 15.0. The molecule has 0 radical (unpaired) electrons. The molecule has 40 heavy (non-hydrogen) atoms. The molecule has 0 spiro atoms. The fraction of sp³-hybridized carbons (Fsp3) is 0.211. The highest BCUT2D eigenvalue weighted by molar-refractivity contribution is 5.63. The van der Waals surface area contributed by atoms with E-state index in [-0.39, 0.29) is 0 Å². The largest absolute Gasteiger partial charge is 0.377 e. The molecule has 202 valence electrons. The molecule has 0 bridgehead atoms. The van der Waals surface area contributed by atoms with Crippen LogP contribution in [-0.2, 0) is 30.9 Å². The first-order valence-electron chi connectivity index (χ1n) is 14.4. The maximum absolute atomic E-state index is 6.08. The lowest BCUT2D eigenvalue weighted by atomic mass is 9.96. The van der Waals surface area contributed by atoms with Gasteiger partial charge in [-0.2, -0.15) is 0 Å². The van der Waals surface area contributed by atoms with Crippen LogP contribution < -0.4 is 0 Å². The molecule has 1 atom stereocenters. The van der Waals surface area contributed by atoms with Crippen LogP contribution in [0.15, 0.2) is 146 Å². The molecule has 0 aromatic heterocycles. The fourth-order valence-corrected chi connectivity index (χ4v) is 5.28. The van der Waals surface area contributed by atoms with Gasteiger partial charge in [0, 0.05) is 25.7 Å². The Balaban J connectivity index is 1.32. The van der Waals surface area contributed by atoms with Crippen molar-refractivity contribution >= 4 is 0 Å². The molecule has 0 N–H and O–H groups in total. The molecule has 0 amide bonds. The Morgan fingerprint density at radius 3 is 1.50 bits per heavy atom. The van der Waals surface area contributed by atoms with E-state index in [4.69, 9.17) is 4.74 Å². The van der Waals surface area contributed by atoms with Crippen molar-refractivity contribution in [3.63, 3.8) is 0 Å². The van der Waals surface area contributed by atoms with E-state index in [1.54, 1.807) is 0 Å². The Bertz CT molecular complexity index is 1330. The van der Waals surface area contributed by atoms with Gasteiger partial charge in [0.05, 0.1) is 6.61 Å². The standard InChI is InChI=1S/C38H39NO/c1-5-14-33(15-6-1)29-39(30-34-16-7-2-8-17-34)38(22-13-27-40-31-35-18-9-3-10-19-35)28-32-23-25-37(26-24-32)36-20-11-4-12-21-36/h1-12,14-21,23-26,38H,13,22,27-31H2. The van der Waals surface area contributed by atoms with Crippen LogP contribution in [0.1, 0.15) is 35.1 Å². The van der Waals surface area contributed by atoms with E-state index in [0.29, 0.717) is 12.6 Å². The summed E-state index contributed by atoms with van der Waals surface area (Å²) < 4.78 is 6.08. The molecule has 0 aliphatic heterocycles. The smallest absolute Gasteiger partial charge is 0.0716 e. The molecule has 0 heterocycles. The number of hydrogen-bond acceptors (Lipinski definition) is 2. The molecule has 0 fully saturated rings. The number of nitrogens with zero attached hydrogens (tertiary/aromatic N) is 1. The molecule has 0 saturated carbocycles. The summed E-state index contributed by atoms with van der Waals surface area (Å²) in [5.74, 6) is 0. The first-order valence-corrected chi connectivity index (χ1v) is 14.4. The van der Waals surface area contributed by atoms with E-state index in [9.17, 15) is 0 Å². The predicted molar refractivity (Wildman–Crippen MR) is 167 cm³/mol. The Morgan fingerprint density at radius 2 is 0.950 bits per heavy atom. The summed E-state index contributed by atoms with van der Waals surface area (Å²) in [6.45, 7) is 3.29. The van der Waals surface area contributed by atoms with E-state index in [1.807, 2.05) is 0 Å². The van der Waals surface area contributed by atoms with Gasteiger partial charge in [-0.3, -0.25) is 4.90 Å². The molecular formula is C38H39NO. The van der Waals surface area contributed by atoms with Crippen molar-refractivity contribution in [1.82, 2.24) is 4.90 Å². The third kappa shape index (κ3) is 8.51. The lowest BCUT2D eigenvalue weighted by Crippen LogP contribution is -2.36. The van der Waals surface area contributed by atoms with E-state index in [0.717, 1.165) is 39.0 Å². The molecule has 5 rings (SSSR count). The van der Waals surface area contributed by atoms with Crippen LogP contribution >= 0.6 is 0 Å². The first-order chi connectivity index (χ1) is 19.8. The Morgan fingerprint density at radius 1 is 0.475 bits per heavy atom. The van der Waals surface area contributed by atoms with E-state index < -0.39 is 0 Å². The third-order valence-corrected chi connectivity index (χ3v) is 7.44. The minimum atomic E-state index is 0.392. The molecule has 2 heteroatoms. The molecule has 5 aromatic carbocycles. The predicted octanol–water partition coefficient (Wildman–Crippen LogP) is 8.96. The summed E-state index contributed by atoms with van der Waals surface area (Å²) >= 11 is 0.